The smallest absolute Gasteiger partial charge is 0.289 e. The first-order valence-corrected chi connectivity index (χ1v) is 11.0. The van der Waals surface area contributed by atoms with Gasteiger partial charge in [0, 0.05) is 19.1 Å². The predicted octanol–water partition coefficient (Wildman–Crippen LogP) is 1.09. The molecule has 2 aliphatic rings. The lowest BCUT2D eigenvalue weighted by molar-refractivity contribution is 0.0323. The molecule has 0 N–H and O–H groups in total. The average molecular weight is 358 g/mol. The second-order valence-corrected chi connectivity index (χ2v) is 9.06. The first-order valence-electron chi connectivity index (χ1n) is 7.78. The molecule has 2 saturated heterocycles. The molecule has 1 amide bonds. The van der Waals surface area contributed by atoms with Crippen LogP contribution in [0.3, 0.4) is 0 Å². The third-order valence-corrected chi connectivity index (χ3v) is 6.89. The third-order valence-electron chi connectivity index (χ3n) is 4.62. The van der Waals surface area contributed by atoms with Crippen LogP contribution in [0.1, 0.15) is 23.2 Å². The number of thioether (sulfide) groups is 1. The number of carbonyl (C=O) groups is 1. The molecule has 0 bridgehead atoms. The van der Waals surface area contributed by atoms with E-state index in [1.807, 2.05) is 19.2 Å². The van der Waals surface area contributed by atoms with E-state index in [4.69, 9.17) is 4.42 Å². The number of rotatable bonds is 4. The van der Waals surface area contributed by atoms with Crippen LogP contribution in [0.5, 0.6) is 0 Å². The van der Waals surface area contributed by atoms with Gasteiger partial charge in [0.15, 0.2) is 15.6 Å². The molecule has 0 radical (unpaired) electrons. The second-order valence-electron chi connectivity index (χ2n) is 6.04. The fourth-order valence-corrected chi connectivity index (χ4v) is 5.98. The summed E-state index contributed by atoms with van der Waals surface area (Å²) in [6, 6.07) is 3.15. The molecule has 3 heterocycles. The van der Waals surface area contributed by atoms with Crippen LogP contribution in [0.25, 0.3) is 0 Å². The summed E-state index contributed by atoms with van der Waals surface area (Å²) in [6.45, 7) is 4.08. The lowest BCUT2D eigenvalue weighted by atomic mass is 10.0. The molecule has 0 unspecified atom stereocenters. The largest absolute Gasteiger partial charge is 0.455 e. The molecule has 3 rings (SSSR count). The summed E-state index contributed by atoms with van der Waals surface area (Å²) in [5.41, 5.74) is 0. The van der Waals surface area contributed by atoms with Gasteiger partial charge in [-0.25, -0.2) is 8.42 Å². The fraction of sp³-hybridized carbons (Fsp3) is 0.667. The Morgan fingerprint density at radius 3 is 2.74 bits per heavy atom. The van der Waals surface area contributed by atoms with Gasteiger partial charge in [-0.3, -0.25) is 9.69 Å². The molecule has 2 atom stereocenters. The highest BCUT2D eigenvalue weighted by molar-refractivity contribution is 7.97. The zero-order valence-corrected chi connectivity index (χ0v) is 15.0. The van der Waals surface area contributed by atoms with E-state index >= 15 is 0 Å². The summed E-state index contributed by atoms with van der Waals surface area (Å²) in [6.07, 6.45) is 1.97. The molecule has 1 aromatic rings. The molecule has 6 nitrogen and oxygen atoms in total. The van der Waals surface area contributed by atoms with Crippen molar-refractivity contribution in [1.29, 1.82) is 0 Å². The van der Waals surface area contributed by atoms with Crippen molar-refractivity contribution < 1.29 is 17.6 Å². The van der Waals surface area contributed by atoms with E-state index < -0.39 is 9.84 Å². The van der Waals surface area contributed by atoms with Gasteiger partial charge in [0.25, 0.3) is 5.91 Å². The standard InChI is InChI=1S/C15H22N2O4S2/c1-3-16-6-7-17(13-10-23(19,20)9-12(13)16)15(18)14-5-4-11(21-14)8-22-2/h4-5,12-13H,3,6-10H2,1-2H3/t12-,13+/m0/s1. The Hall–Kier alpha value is -0.990. The Labute approximate surface area is 141 Å². The van der Waals surface area contributed by atoms with Gasteiger partial charge < -0.3 is 9.32 Å². The normalized spacial score (nSPS) is 27.1. The number of carbonyl (C=O) groups excluding carboxylic acids is 1. The van der Waals surface area contributed by atoms with E-state index in [9.17, 15) is 13.2 Å². The van der Waals surface area contributed by atoms with E-state index in [2.05, 4.69) is 4.90 Å². The van der Waals surface area contributed by atoms with Gasteiger partial charge in [-0.15, -0.1) is 0 Å². The molecule has 0 spiro atoms. The lowest BCUT2D eigenvalue weighted by Crippen LogP contribution is -2.60. The molecule has 2 aliphatic heterocycles. The minimum Gasteiger partial charge on any atom is -0.455 e. The minimum absolute atomic E-state index is 0.0539. The number of furan rings is 1. The van der Waals surface area contributed by atoms with E-state index in [0.29, 0.717) is 18.8 Å². The van der Waals surface area contributed by atoms with Gasteiger partial charge >= 0.3 is 0 Å². The number of sulfone groups is 1. The summed E-state index contributed by atoms with van der Waals surface area (Å²) in [4.78, 5) is 16.6. The maximum atomic E-state index is 12.8. The van der Waals surface area contributed by atoms with Crippen LogP contribution in [0.4, 0.5) is 0 Å². The van der Waals surface area contributed by atoms with Gasteiger partial charge in [-0.1, -0.05) is 6.92 Å². The van der Waals surface area contributed by atoms with Crippen molar-refractivity contribution in [2.45, 2.75) is 24.8 Å². The summed E-state index contributed by atoms with van der Waals surface area (Å²) in [7, 11) is -3.09. The molecular formula is C15H22N2O4S2. The minimum atomic E-state index is -3.09. The molecule has 128 valence electrons. The molecule has 1 aromatic heterocycles. The molecule has 23 heavy (non-hydrogen) atoms. The van der Waals surface area contributed by atoms with Crippen LogP contribution in [-0.2, 0) is 15.6 Å². The molecular weight excluding hydrogens is 336 g/mol. The SMILES string of the molecule is CCN1CCN(C(=O)c2ccc(CSC)o2)[C@@H]2CS(=O)(=O)C[C@@H]21. The number of likely N-dealkylation sites (N-methyl/N-ethyl adjacent to an activating group) is 1. The highest BCUT2D eigenvalue weighted by Crippen LogP contribution is 2.28. The van der Waals surface area contributed by atoms with Crippen LogP contribution in [0.2, 0.25) is 0 Å². The maximum Gasteiger partial charge on any atom is 0.289 e. The molecule has 0 aromatic carbocycles. The van der Waals surface area contributed by atoms with Crippen molar-refractivity contribution in [3.8, 4) is 0 Å². The van der Waals surface area contributed by atoms with E-state index in [0.717, 1.165) is 18.1 Å². The van der Waals surface area contributed by atoms with Crippen LogP contribution < -0.4 is 0 Å². The first-order chi connectivity index (χ1) is 10.9. The number of piperazine rings is 1. The molecule has 2 fully saturated rings. The van der Waals surface area contributed by atoms with Crippen molar-refractivity contribution in [3.05, 3.63) is 23.7 Å². The Morgan fingerprint density at radius 2 is 2.04 bits per heavy atom. The van der Waals surface area contributed by atoms with Crippen LogP contribution in [0.15, 0.2) is 16.5 Å². The van der Waals surface area contributed by atoms with E-state index in [1.165, 1.54) is 0 Å². The fourth-order valence-electron chi connectivity index (χ4n) is 3.52. The van der Waals surface area contributed by atoms with Crippen molar-refractivity contribution in [2.75, 3.05) is 37.4 Å². The summed E-state index contributed by atoms with van der Waals surface area (Å²) < 4.78 is 29.7. The Morgan fingerprint density at radius 1 is 1.30 bits per heavy atom. The van der Waals surface area contributed by atoms with Crippen LogP contribution in [0, 0.1) is 0 Å². The number of fused-ring (bicyclic) bond motifs is 1. The first kappa shape index (κ1) is 16.9. The molecule has 8 heteroatoms. The van der Waals surface area contributed by atoms with Crippen LogP contribution >= 0.6 is 11.8 Å². The molecule has 0 saturated carbocycles. The van der Waals surface area contributed by atoms with Crippen molar-refractivity contribution in [2.24, 2.45) is 0 Å². The topological polar surface area (TPSA) is 70.8 Å². The highest BCUT2D eigenvalue weighted by atomic mass is 32.2. The summed E-state index contributed by atoms with van der Waals surface area (Å²) in [5, 5.41) is 0. The monoisotopic (exact) mass is 358 g/mol. The lowest BCUT2D eigenvalue weighted by Gasteiger charge is -2.43. The van der Waals surface area contributed by atoms with Gasteiger partial charge in [0.05, 0.1) is 23.3 Å². The Bertz CT molecular complexity index is 685. The highest BCUT2D eigenvalue weighted by Gasteiger charge is 2.48. The third kappa shape index (κ3) is 3.29. The average Bonchev–Trinajstić information content (AvgIpc) is 3.09. The number of amides is 1. The maximum absolute atomic E-state index is 12.8. The number of hydrogen-bond donors (Lipinski definition) is 0. The van der Waals surface area contributed by atoms with Crippen molar-refractivity contribution >= 4 is 27.5 Å². The van der Waals surface area contributed by atoms with Crippen LogP contribution in [-0.4, -0.2) is 73.6 Å². The van der Waals surface area contributed by atoms with Gasteiger partial charge in [-0.05, 0) is 24.9 Å². The molecule has 0 aliphatic carbocycles. The Kier molecular flexibility index (Phi) is 4.75. The summed E-state index contributed by atoms with van der Waals surface area (Å²) in [5.74, 6) is 1.80. The van der Waals surface area contributed by atoms with Gasteiger partial charge in [0.2, 0.25) is 0 Å². The quantitative estimate of drug-likeness (QED) is 0.802. The van der Waals surface area contributed by atoms with Crippen molar-refractivity contribution in [3.63, 3.8) is 0 Å². The van der Waals surface area contributed by atoms with Gasteiger partial charge in [-0.2, -0.15) is 11.8 Å². The zero-order valence-electron chi connectivity index (χ0n) is 13.4. The predicted molar refractivity (Wildman–Crippen MR) is 90.4 cm³/mol. The van der Waals surface area contributed by atoms with Crippen molar-refractivity contribution in [1.82, 2.24) is 9.80 Å². The summed E-state index contributed by atoms with van der Waals surface area (Å²) >= 11 is 1.63. The zero-order chi connectivity index (χ0) is 16.6. The van der Waals surface area contributed by atoms with E-state index in [1.54, 1.807) is 22.7 Å². The number of hydrogen-bond acceptors (Lipinski definition) is 6. The number of nitrogens with zero attached hydrogens (tertiary/aromatic N) is 2. The Balaban J connectivity index is 1.82. The van der Waals surface area contributed by atoms with E-state index in [-0.39, 0.29) is 29.5 Å². The second kappa shape index (κ2) is 6.49. The van der Waals surface area contributed by atoms with Gasteiger partial charge in [0.1, 0.15) is 5.76 Å².